The molecule has 0 aliphatic carbocycles. The summed E-state index contributed by atoms with van der Waals surface area (Å²) in [4.78, 5) is 10.8. The van der Waals surface area contributed by atoms with Crippen molar-refractivity contribution >= 4 is 21.9 Å². The van der Waals surface area contributed by atoms with Crippen molar-refractivity contribution < 1.29 is 24.1 Å². The molecule has 0 radical (unpaired) electrons. The fourth-order valence-electron chi connectivity index (χ4n) is 1.71. The molecular formula is C11H11BrO5. The minimum absolute atomic E-state index is 0.0755. The zero-order valence-electron chi connectivity index (χ0n) is 9.16. The molecule has 0 spiro atoms. The van der Waals surface area contributed by atoms with E-state index in [1.54, 1.807) is 13.2 Å². The normalized spacial score (nSPS) is 12.8. The van der Waals surface area contributed by atoms with E-state index in [4.69, 9.17) is 19.3 Å². The zero-order chi connectivity index (χ0) is 12.4. The van der Waals surface area contributed by atoms with Gasteiger partial charge in [0, 0.05) is 17.1 Å². The Morgan fingerprint density at radius 3 is 3.00 bits per heavy atom. The van der Waals surface area contributed by atoms with Gasteiger partial charge in [-0.15, -0.1) is 0 Å². The summed E-state index contributed by atoms with van der Waals surface area (Å²) < 4.78 is 16.4. The van der Waals surface area contributed by atoms with Gasteiger partial charge in [-0.25, -0.2) is 0 Å². The van der Waals surface area contributed by atoms with Crippen molar-refractivity contribution in [2.75, 3.05) is 13.9 Å². The molecule has 1 aromatic carbocycles. The van der Waals surface area contributed by atoms with Crippen molar-refractivity contribution in [3.8, 4) is 11.5 Å². The molecule has 5 nitrogen and oxygen atoms in total. The first-order chi connectivity index (χ1) is 8.13. The molecule has 1 aliphatic heterocycles. The van der Waals surface area contributed by atoms with Crippen LogP contribution in [0.1, 0.15) is 11.1 Å². The molecule has 1 aliphatic rings. The van der Waals surface area contributed by atoms with Crippen LogP contribution in [0.2, 0.25) is 0 Å². The first-order valence-electron chi connectivity index (χ1n) is 4.94. The van der Waals surface area contributed by atoms with Crippen LogP contribution in [0.25, 0.3) is 0 Å². The Labute approximate surface area is 106 Å². The lowest BCUT2D eigenvalue weighted by Crippen LogP contribution is -2.03. The van der Waals surface area contributed by atoms with Crippen LogP contribution in [0.5, 0.6) is 11.5 Å². The second kappa shape index (κ2) is 4.93. The van der Waals surface area contributed by atoms with Crippen LogP contribution < -0.4 is 9.47 Å². The van der Waals surface area contributed by atoms with Crippen LogP contribution in [0.3, 0.4) is 0 Å². The van der Waals surface area contributed by atoms with E-state index in [9.17, 15) is 4.79 Å². The lowest BCUT2D eigenvalue weighted by Gasteiger charge is -2.11. The number of ether oxygens (including phenoxy) is 3. The third-order valence-electron chi connectivity index (χ3n) is 2.40. The van der Waals surface area contributed by atoms with Gasteiger partial charge < -0.3 is 19.3 Å². The number of carbonyl (C=O) groups is 1. The number of fused-ring (bicyclic) bond motifs is 1. The lowest BCUT2D eigenvalue weighted by atomic mass is 10.1. The average Bonchev–Trinajstić information content (AvgIpc) is 2.71. The first-order valence-corrected chi connectivity index (χ1v) is 5.73. The van der Waals surface area contributed by atoms with Crippen molar-refractivity contribution in [1.82, 2.24) is 0 Å². The van der Waals surface area contributed by atoms with Crippen molar-refractivity contribution in [3.05, 3.63) is 21.7 Å². The summed E-state index contributed by atoms with van der Waals surface area (Å²) in [6.07, 6.45) is -0.0755. The quantitative estimate of drug-likeness (QED) is 0.921. The minimum atomic E-state index is -0.895. The van der Waals surface area contributed by atoms with Crippen LogP contribution in [-0.2, 0) is 22.6 Å². The van der Waals surface area contributed by atoms with Gasteiger partial charge >= 0.3 is 5.97 Å². The van der Waals surface area contributed by atoms with E-state index in [1.165, 1.54) is 0 Å². The molecule has 0 saturated carbocycles. The van der Waals surface area contributed by atoms with Gasteiger partial charge in [0.25, 0.3) is 0 Å². The molecule has 6 heteroatoms. The summed E-state index contributed by atoms with van der Waals surface area (Å²) in [7, 11) is 1.57. The van der Waals surface area contributed by atoms with Gasteiger partial charge in [-0.3, -0.25) is 4.79 Å². The number of halogens is 1. The maximum absolute atomic E-state index is 10.8. The molecule has 0 atom stereocenters. The predicted octanol–water partition coefficient (Wildman–Crippen LogP) is 1.95. The fourth-order valence-corrected chi connectivity index (χ4v) is 2.26. The highest BCUT2D eigenvalue weighted by Crippen LogP contribution is 2.42. The molecule has 1 N–H and O–H groups in total. The van der Waals surface area contributed by atoms with Gasteiger partial charge in [0.2, 0.25) is 6.79 Å². The maximum atomic E-state index is 10.8. The predicted molar refractivity (Wildman–Crippen MR) is 62.3 cm³/mol. The monoisotopic (exact) mass is 302 g/mol. The number of carboxylic acids is 1. The molecule has 0 fully saturated rings. The van der Waals surface area contributed by atoms with Crippen LogP contribution in [0.15, 0.2) is 10.5 Å². The molecule has 0 bridgehead atoms. The van der Waals surface area contributed by atoms with Crippen molar-refractivity contribution in [3.63, 3.8) is 0 Å². The highest BCUT2D eigenvalue weighted by Gasteiger charge is 2.23. The van der Waals surface area contributed by atoms with Gasteiger partial charge in [-0.2, -0.15) is 0 Å². The zero-order valence-corrected chi connectivity index (χ0v) is 10.7. The second-order valence-corrected chi connectivity index (χ2v) is 4.36. The summed E-state index contributed by atoms with van der Waals surface area (Å²) >= 11 is 3.39. The molecule has 0 aromatic heterocycles. The molecule has 92 valence electrons. The Bertz CT molecular complexity index is 458. The molecule has 17 heavy (non-hydrogen) atoms. The number of carboxylic acid groups (broad SMARTS) is 1. The van der Waals surface area contributed by atoms with E-state index in [0.29, 0.717) is 28.1 Å². The van der Waals surface area contributed by atoms with E-state index < -0.39 is 5.97 Å². The number of benzene rings is 1. The Hall–Kier alpha value is -1.27. The third-order valence-corrected chi connectivity index (χ3v) is 3.39. The van der Waals surface area contributed by atoms with E-state index in [-0.39, 0.29) is 13.2 Å². The maximum Gasteiger partial charge on any atom is 0.307 e. The van der Waals surface area contributed by atoms with Gasteiger partial charge in [-0.1, -0.05) is 0 Å². The Balaban J connectivity index is 2.48. The van der Waals surface area contributed by atoms with E-state index in [2.05, 4.69) is 15.9 Å². The van der Waals surface area contributed by atoms with Gasteiger partial charge in [0.05, 0.1) is 13.0 Å². The SMILES string of the molecule is COCc1c(Br)c(CC(=O)O)cc2c1OCO2. The summed E-state index contributed by atoms with van der Waals surface area (Å²) in [5, 5.41) is 8.84. The first kappa shape index (κ1) is 12.2. The largest absolute Gasteiger partial charge is 0.481 e. The number of methoxy groups -OCH3 is 1. The highest BCUT2D eigenvalue weighted by molar-refractivity contribution is 9.10. The number of aliphatic carboxylic acids is 1. The summed E-state index contributed by atoms with van der Waals surface area (Å²) in [5.74, 6) is 0.289. The molecular weight excluding hydrogens is 292 g/mol. The van der Waals surface area contributed by atoms with E-state index >= 15 is 0 Å². The Morgan fingerprint density at radius 2 is 2.35 bits per heavy atom. The van der Waals surface area contributed by atoms with Crippen LogP contribution in [0, 0.1) is 0 Å². The number of rotatable bonds is 4. The number of hydrogen-bond donors (Lipinski definition) is 1. The standard InChI is InChI=1S/C11H11BrO5/c1-15-4-7-10(12)6(3-9(13)14)2-8-11(7)17-5-16-8/h2H,3-5H2,1H3,(H,13,14). The van der Waals surface area contributed by atoms with Gasteiger partial charge in [-0.05, 0) is 27.6 Å². The molecule has 1 heterocycles. The molecule has 0 amide bonds. The van der Waals surface area contributed by atoms with E-state index in [1.807, 2.05) is 0 Å². The highest BCUT2D eigenvalue weighted by atomic mass is 79.9. The topological polar surface area (TPSA) is 65.0 Å². The van der Waals surface area contributed by atoms with Crippen LogP contribution >= 0.6 is 15.9 Å². The fraction of sp³-hybridized carbons (Fsp3) is 0.364. The molecule has 0 unspecified atom stereocenters. The third kappa shape index (κ3) is 2.37. The second-order valence-electron chi connectivity index (χ2n) is 3.57. The Morgan fingerprint density at radius 1 is 1.59 bits per heavy atom. The summed E-state index contributed by atoms with van der Waals surface area (Å²) in [6, 6.07) is 1.68. The van der Waals surface area contributed by atoms with Crippen LogP contribution in [-0.4, -0.2) is 25.0 Å². The summed E-state index contributed by atoms with van der Waals surface area (Å²) in [6.45, 7) is 0.481. The van der Waals surface area contributed by atoms with Crippen molar-refractivity contribution in [2.45, 2.75) is 13.0 Å². The van der Waals surface area contributed by atoms with Crippen molar-refractivity contribution in [1.29, 1.82) is 0 Å². The lowest BCUT2D eigenvalue weighted by molar-refractivity contribution is -0.136. The summed E-state index contributed by atoms with van der Waals surface area (Å²) in [5.41, 5.74) is 1.42. The number of hydrogen-bond acceptors (Lipinski definition) is 4. The van der Waals surface area contributed by atoms with E-state index in [0.717, 1.165) is 5.56 Å². The van der Waals surface area contributed by atoms with Gasteiger partial charge in [0.15, 0.2) is 11.5 Å². The Kier molecular flexibility index (Phi) is 3.54. The average molecular weight is 303 g/mol. The molecule has 0 saturated heterocycles. The van der Waals surface area contributed by atoms with Crippen molar-refractivity contribution in [2.24, 2.45) is 0 Å². The van der Waals surface area contributed by atoms with Crippen LogP contribution in [0.4, 0.5) is 0 Å². The molecule has 1 aromatic rings. The minimum Gasteiger partial charge on any atom is -0.481 e. The van der Waals surface area contributed by atoms with Gasteiger partial charge in [0.1, 0.15) is 0 Å². The smallest absolute Gasteiger partial charge is 0.307 e. The molecule has 2 rings (SSSR count).